The molecule has 1 aromatic carbocycles. The smallest absolute Gasteiger partial charge is 0.249 e. The summed E-state index contributed by atoms with van der Waals surface area (Å²) in [6.07, 6.45) is 0. The van der Waals surface area contributed by atoms with E-state index in [0.717, 1.165) is 16.2 Å². The molecule has 0 unspecified atom stereocenters. The fourth-order valence-corrected chi connectivity index (χ4v) is 2.71. The normalized spacial score (nSPS) is 12.1. The number of methoxy groups -OCH3 is 1. The first-order chi connectivity index (χ1) is 9.60. The van der Waals surface area contributed by atoms with Crippen molar-refractivity contribution in [3.05, 3.63) is 51.7 Å². The lowest BCUT2D eigenvalue weighted by Gasteiger charge is -2.14. The van der Waals surface area contributed by atoms with E-state index in [0.29, 0.717) is 12.1 Å². The van der Waals surface area contributed by atoms with Gasteiger partial charge in [0.1, 0.15) is 5.75 Å². The van der Waals surface area contributed by atoms with Crippen molar-refractivity contribution < 1.29 is 9.53 Å². The molecule has 2 aromatic rings. The van der Waals surface area contributed by atoms with E-state index in [1.54, 1.807) is 12.5 Å². The molecule has 1 heterocycles. The third-order valence-corrected chi connectivity index (χ3v) is 4.05. The summed E-state index contributed by atoms with van der Waals surface area (Å²) in [6.45, 7) is 2.80. The van der Waals surface area contributed by atoms with E-state index in [1.165, 1.54) is 11.3 Å². The van der Waals surface area contributed by atoms with Crippen molar-refractivity contribution in [2.45, 2.75) is 19.5 Å². The van der Waals surface area contributed by atoms with Crippen molar-refractivity contribution in [1.29, 1.82) is 0 Å². The van der Waals surface area contributed by atoms with Gasteiger partial charge in [-0.05, 0) is 30.7 Å². The number of nitrogens with one attached hydrogen (secondary N) is 1. The summed E-state index contributed by atoms with van der Waals surface area (Å²) >= 11 is 1.53. The van der Waals surface area contributed by atoms with E-state index in [9.17, 15) is 4.79 Å². The minimum absolute atomic E-state index is 0.198. The Morgan fingerprint density at radius 2 is 2.25 bits per heavy atom. The minimum Gasteiger partial charge on any atom is -0.497 e. The number of ether oxygens (including phenoxy) is 1. The summed E-state index contributed by atoms with van der Waals surface area (Å²) in [5, 5.41) is 5.21. The second-order valence-corrected chi connectivity index (χ2v) is 5.54. The zero-order valence-electron chi connectivity index (χ0n) is 11.6. The van der Waals surface area contributed by atoms with E-state index >= 15 is 0 Å². The number of carbonyl (C=O) groups excluding carboxylic acids is 1. The Kier molecular flexibility index (Phi) is 4.76. The van der Waals surface area contributed by atoms with Crippen molar-refractivity contribution in [2.75, 3.05) is 7.11 Å². The molecular formula is C15H18N2O2S. The Labute approximate surface area is 122 Å². The fourth-order valence-electron chi connectivity index (χ4n) is 1.88. The van der Waals surface area contributed by atoms with Crippen molar-refractivity contribution in [3.63, 3.8) is 0 Å². The van der Waals surface area contributed by atoms with Crippen LogP contribution in [0, 0.1) is 0 Å². The SMILES string of the molecule is COc1cccc([C@@H](C)NCc2cc(C(N)=O)cs2)c1. The van der Waals surface area contributed by atoms with Gasteiger partial charge in [-0.15, -0.1) is 11.3 Å². The molecular weight excluding hydrogens is 272 g/mol. The number of carbonyl (C=O) groups is 1. The molecule has 0 fully saturated rings. The van der Waals surface area contributed by atoms with Gasteiger partial charge in [0.25, 0.3) is 0 Å². The summed E-state index contributed by atoms with van der Waals surface area (Å²) < 4.78 is 5.22. The number of nitrogens with two attached hydrogens (primary N) is 1. The molecule has 0 spiro atoms. The van der Waals surface area contributed by atoms with Crippen LogP contribution in [-0.2, 0) is 6.54 Å². The van der Waals surface area contributed by atoms with Gasteiger partial charge in [0.2, 0.25) is 5.91 Å². The van der Waals surface area contributed by atoms with Gasteiger partial charge in [-0.25, -0.2) is 0 Å². The molecule has 0 aliphatic rings. The van der Waals surface area contributed by atoms with Crippen molar-refractivity contribution in [2.24, 2.45) is 5.73 Å². The van der Waals surface area contributed by atoms with Gasteiger partial charge in [-0.3, -0.25) is 4.79 Å². The van der Waals surface area contributed by atoms with Crippen molar-refractivity contribution in [3.8, 4) is 5.75 Å². The number of thiophene rings is 1. The second kappa shape index (κ2) is 6.54. The Hall–Kier alpha value is -1.85. The maximum Gasteiger partial charge on any atom is 0.249 e. The number of rotatable bonds is 6. The van der Waals surface area contributed by atoms with E-state index < -0.39 is 0 Å². The highest BCUT2D eigenvalue weighted by atomic mass is 32.1. The van der Waals surface area contributed by atoms with Crippen molar-refractivity contribution in [1.82, 2.24) is 5.32 Å². The summed E-state index contributed by atoms with van der Waals surface area (Å²) in [5.74, 6) is 0.469. The first kappa shape index (κ1) is 14.6. The average Bonchev–Trinajstić information content (AvgIpc) is 2.94. The van der Waals surface area contributed by atoms with Crippen LogP contribution in [0.25, 0.3) is 0 Å². The first-order valence-corrected chi connectivity index (χ1v) is 7.22. The van der Waals surface area contributed by atoms with Crippen LogP contribution in [0.4, 0.5) is 0 Å². The number of hydrogen-bond donors (Lipinski definition) is 2. The molecule has 0 radical (unpaired) electrons. The van der Waals surface area contributed by atoms with Gasteiger partial charge in [-0.1, -0.05) is 12.1 Å². The minimum atomic E-state index is -0.381. The monoisotopic (exact) mass is 290 g/mol. The van der Waals surface area contributed by atoms with Crippen LogP contribution in [0.1, 0.15) is 33.8 Å². The maximum atomic E-state index is 11.0. The molecule has 0 saturated heterocycles. The Morgan fingerprint density at radius 1 is 1.45 bits per heavy atom. The Balaban J connectivity index is 1.96. The molecule has 1 atom stereocenters. The molecule has 0 bridgehead atoms. The van der Waals surface area contributed by atoms with Crippen LogP contribution >= 0.6 is 11.3 Å². The first-order valence-electron chi connectivity index (χ1n) is 6.34. The van der Waals surface area contributed by atoms with Gasteiger partial charge in [0, 0.05) is 22.8 Å². The quantitative estimate of drug-likeness (QED) is 0.859. The number of primary amides is 1. The molecule has 1 amide bonds. The topological polar surface area (TPSA) is 64.3 Å². The van der Waals surface area contributed by atoms with Crippen LogP contribution in [0.2, 0.25) is 0 Å². The van der Waals surface area contributed by atoms with Crippen LogP contribution in [0.5, 0.6) is 5.75 Å². The van der Waals surface area contributed by atoms with Crippen LogP contribution in [0.15, 0.2) is 35.7 Å². The van der Waals surface area contributed by atoms with E-state index in [2.05, 4.69) is 18.3 Å². The maximum absolute atomic E-state index is 11.0. The standard InChI is InChI=1S/C15H18N2O2S/c1-10(11-4-3-5-13(6-11)19-2)17-8-14-7-12(9-20-14)15(16)18/h3-7,9-10,17H,8H2,1-2H3,(H2,16,18)/t10-/m1/s1. The van der Waals surface area contributed by atoms with E-state index in [1.807, 2.05) is 24.3 Å². The van der Waals surface area contributed by atoms with Crippen molar-refractivity contribution >= 4 is 17.2 Å². The summed E-state index contributed by atoms with van der Waals surface area (Å²) in [4.78, 5) is 12.1. The molecule has 1 aromatic heterocycles. The molecule has 106 valence electrons. The highest BCUT2D eigenvalue weighted by Crippen LogP contribution is 2.20. The molecule has 0 saturated carbocycles. The van der Waals surface area contributed by atoms with Gasteiger partial charge in [0.15, 0.2) is 0 Å². The molecule has 4 nitrogen and oxygen atoms in total. The van der Waals surface area contributed by atoms with Crippen LogP contribution in [-0.4, -0.2) is 13.0 Å². The van der Waals surface area contributed by atoms with Gasteiger partial charge in [-0.2, -0.15) is 0 Å². The molecule has 5 heteroatoms. The summed E-state index contributed by atoms with van der Waals surface area (Å²) in [7, 11) is 1.66. The highest BCUT2D eigenvalue weighted by Gasteiger charge is 2.08. The molecule has 2 rings (SSSR count). The lowest BCUT2D eigenvalue weighted by atomic mass is 10.1. The zero-order chi connectivity index (χ0) is 14.5. The predicted octanol–water partition coefficient (Wildman–Crippen LogP) is 2.71. The number of amides is 1. The lowest BCUT2D eigenvalue weighted by molar-refractivity contribution is 0.100. The number of hydrogen-bond acceptors (Lipinski definition) is 4. The highest BCUT2D eigenvalue weighted by molar-refractivity contribution is 7.10. The number of benzene rings is 1. The zero-order valence-corrected chi connectivity index (χ0v) is 12.4. The lowest BCUT2D eigenvalue weighted by Crippen LogP contribution is -2.17. The molecule has 20 heavy (non-hydrogen) atoms. The van der Waals surface area contributed by atoms with Crippen LogP contribution in [0.3, 0.4) is 0 Å². The van der Waals surface area contributed by atoms with Gasteiger partial charge < -0.3 is 15.8 Å². The second-order valence-electron chi connectivity index (χ2n) is 4.55. The summed E-state index contributed by atoms with van der Waals surface area (Å²) in [6, 6.07) is 10.0. The summed E-state index contributed by atoms with van der Waals surface area (Å²) in [5.41, 5.74) is 6.97. The van der Waals surface area contributed by atoms with Gasteiger partial charge in [0.05, 0.1) is 12.7 Å². The Morgan fingerprint density at radius 3 is 2.90 bits per heavy atom. The third-order valence-electron chi connectivity index (χ3n) is 3.11. The van der Waals surface area contributed by atoms with Crippen LogP contribution < -0.4 is 15.8 Å². The molecule has 0 aliphatic carbocycles. The van der Waals surface area contributed by atoms with Gasteiger partial charge >= 0.3 is 0 Å². The Bertz CT molecular complexity index is 595. The average molecular weight is 290 g/mol. The fraction of sp³-hybridized carbons (Fsp3) is 0.267. The largest absolute Gasteiger partial charge is 0.497 e. The van der Waals surface area contributed by atoms with E-state index in [4.69, 9.17) is 10.5 Å². The molecule has 3 N–H and O–H groups in total. The van der Waals surface area contributed by atoms with E-state index in [-0.39, 0.29) is 11.9 Å². The molecule has 0 aliphatic heterocycles. The predicted molar refractivity (Wildman–Crippen MR) is 81.1 cm³/mol. The third kappa shape index (κ3) is 3.59.